The highest BCUT2D eigenvalue weighted by Gasteiger charge is 2.29. The summed E-state index contributed by atoms with van der Waals surface area (Å²) >= 11 is 0. The molecule has 152 valence electrons. The van der Waals surface area contributed by atoms with E-state index in [1.165, 1.54) is 12.1 Å². The van der Waals surface area contributed by atoms with Crippen LogP contribution in [0.2, 0.25) is 0 Å². The first kappa shape index (κ1) is 18.5. The number of rotatable bonds is 3. The molecule has 0 bridgehead atoms. The molecule has 4 heterocycles. The number of fused-ring (bicyclic) bond motifs is 1. The summed E-state index contributed by atoms with van der Waals surface area (Å²) in [7, 11) is 1.80. The van der Waals surface area contributed by atoms with Gasteiger partial charge in [-0.1, -0.05) is 12.1 Å². The highest BCUT2D eigenvalue weighted by atomic mass is 19.1. The fourth-order valence-electron chi connectivity index (χ4n) is 3.98. The lowest BCUT2D eigenvalue weighted by Gasteiger charge is -2.30. The Kier molecular flexibility index (Phi) is 4.54. The molecule has 7 nitrogen and oxygen atoms in total. The molecular formula is C22H21FN6O. The molecule has 3 aromatic heterocycles. The van der Waals surface area contributed by atoms with Gasteiger partial charge in [0.25, 0.3) is 5.91 Å². The highest BCUT2D eigenvalue weighted by Crippen LogP contribution is 2.27. The van der Waals surface area contributed by atoms with Crippen molar-refractivity contribution in [2.45, 2.75) is 18.8 Å². The summed E-state index contributed by atoms with van der Waals surface area (Å²) < 4.78 is 16.9. The van der Waals surface area contributed by atoms with Gasteiger partial charge in [-0.3, -0.25) is 9.48 Å². The van der Waals surface area contributed by atoms with Crippen molar-refractivity contribution in [1.29, 1.82) is 0 Å². The summed E-state index contributed by atoms with van der Waals surface area (Å²) in [6, 6.07) is 12.0. The molecule has 8 heteroatoms. The Bertz CT molecular complexity index is 1230. The minimum atomic E-state index is -0.272. The lowest BCUT2D eigenvalue weighted by atomic mass is 9.97. The van der Waals surface area contributed by atoms with Crippen molar-refractivity contribution in [1.82, 2.24) is 29.3 Å². The second-order valence-corrected chi connectivity index (χ2v) is 7.67. The van der Waals surface area contributed by atoms with Gasteiger partial charge >= 0.3 is 0 Å². The minimum absolute atomic E-state index is 0.0579. The van der Waals surface area contributed by atoms with Crippen LogP contribution in [0.1, 0.15) is 35.1 Å². The van der Waals surface area contributed by atoms with Crippen molar-refractivity contribution in [2.75, 3.05) is 13.1 Å². The molecule has 1 aliphatic heterocycles. The summed E-state index contributed by atoms with van der Waals surface area (Å²) in [5, 5.41) is 8.90. The van der Waals surface area contributed by atoms with E-state index in [4.69, 9.17) is 0 Å². The van der Waals surface area contributed by atoms with Crippen molar-refractivity contribution in [3.05, 3.63) is 72.2 Å². The van der Waals surface area contributed by atoms with E-state index < -0.39 is 0 Å². The van der Waals surface area contributed by atoms with E-state index in [9.17, 15) is 9.18 Å². The normalized spacial score (nSPS) is 16.9. The molecule has 0 N–H and O–H groups in total. The van der Waals surface area contributed by atoms with Crippen LogP contribution >= 0.6 is 0 Å². The van der Waals surface area contributed by atoms with Crippen LogP contribution in [0.4, 0.5) is 4.39 Å². The Balaban J connectivity index is 1.39. The molecule has 0 saturated carbocycles. The molecule has 0 aliphatic carbocycles. The second kappa shape index (κ2) is 7.37. The van der Waals surface area contributed by atoms with E-state index in [0.717, 1.165) is 35.4 Å². The molecule has 4 aromatic rings. The number of benzene rings is 1. The van der Waals surface area contributed by atoms with Gasteiger partial charge in [0.2, 0.25) is 0 Å². The number of halogens is 1. The van der Waals surface area contributed by atoms with Crippen LogP contribution in [0, 0.1) is 5.82 Å². The van der Waals surface area contributed by atoms with E-state index in [2.05, 4.69) is 15.2 Å². The predicted octanol–water partition coefficient (Wildman–Crippen LogP) is 3.29. The number of carbonyl (C=O) groups excluding carboxylic acids is 1. The Morgan fingerprint density at radius 1 is 1.13 bits per heavy atom. The third-order valence-electron chi connectivity index (χ3n) is 5.51. The van der Waals surface area contributed by atoms with E-state index in [1.54, 1.807) is 34.6 Å². The SMILES string of the molecule is Cn1ccc(C(=O)N2CCC[C@H](c3nc4ccc(-c5cccc(F)c5)cn4n3)C2)n1. The van der Waals surface area contributed by atoms with Gasteiger partial charge in [-0.2, -0.15) is 10.2 Å². The first-order valence-corrected chi connectivity index (χ1v) is 9.98. The topological polar surface area (TPSA) is 68.3 Å². The molecule has 30 heavy (non-hydrogen) atoms. The number of likely N-dealkylation sites (tertiary alicyclic amines) is 1. The molecule has 0 spiro atoms. The zero-order valence-corrected chi connectivity index (χ0v) is 16.6. The van der Waals surface area contributed by atoms with Crippen molar-refractivity contribution in [2.24, 2.45) is 7.05 Å². The van der Waals surface area contributed by atoms with Crippen molar-refractivity contribution in [3.63, 3.8) is 0 Å². The molecule has 0 unspecified atom stereocenters. The first-order chi connectivity index (χ1) is 14.6. The molecule has 1 aliphatic rings. The molecular weight excluding hydrogens is 383 g/mol. The summed E-state index contributed by atoms with van der Waals surface area (Å²) in [4.78, 5) is 19.3. The maximum atomic E-state index is 13.6. The zero-order valence-electron chi connectivity index (χ0n) is 16.6. The molecule has 1 saturated heterocycles. The Hall–Kier alpha value is -3.55. The van der Waals surface area contributed by atoms with Gasteiger partial charge in [0.05, 0.1) is 0 Å². The third kappa shape index (κ3) is 3.45. The van der Waals surface area contributed by atoms with Crippen LogP contribution < -0.4 is 0 Å². The molecule has 0 radical (unpaired) electrons. The second-order valence-electron chi connectivity index (χ2n) is 7.67. The number of piperidine rings is 1. The van der Waals surface area contributed by atoms with Gasteiger partial charge in [-0.25, -0.2) is 13.9 Å². The fraction of sp³-hybridized carbons (Fsp3) is 0.273. The van der Waals surface area contributed by atoms with Crippen molar-refractivity contribution < 1.29 is 9.18 Å². The highest BCUT2D eigenvalue weighted by molar-refractivity contribution is 5.92. The standard InChI is InChI=1S/C22H21FN6O/c1-27-11-9-19(25-27)22(30)28-10-3-5-17(13-28)21-24-20-8-7-16(14-29(20)26-21)15-4-2-6-18(23)12-15/h2,4,6-9,11-12,14,17H,3,5,10,13H2,1H3/t17-/m0/s1. The zero-order chi connectivity index (χ0) is 20.7. The van der Waals surface area contributed by atoms with Gasteiger partial charge in [-0.05, 0) is 48.7 Å². The maximum Gasteiger partial charge on any atom is 0.274 e. The number of aryl methyl sites for hydroxylation is 1. The minimum Gasteiger partial charge on any atom is -0.337 e. The van der Waals surface area contributed by atoms with Crippen molar-refractivity contribution in [3.8, 4) is 11.1 Å². The quantitative estimate of drug-likeness (QED) is 0.526. The monoisotopic (exact) mass is 404 g/mol. The number of carbonyl (C=O) groups is 1. The number of hydrogen-bond donors (Lipinski definition) is 0. The van der Waals surface area contributed by atoms with Gasteiger partial charge in [-0.15, -0.1) is 0 Å². The van der Waals surface area contributed by atoms with Crippen LogP contribution in [-0.2, 0) is 7.05 Å². The predicted molar refractivity (Wildman–Crippen MR) is 109 cm³/mol. The van der Waals surface area contributed by atoms with Gasteiger partial charge in [0.15, 0.2) is 11.5 Å². The summed E-state index contributed by atoms with van der Waals surface area (Å²) in [6.07, 6.45) is 5.46. The molecule has 1 fully saturated rings. The average Bonchev–Trinajstić information content (AvgIpc) is 3.39. The Morgan fingerprint density at radius 2 is 2.03 bits per heavy atom. The number of hydrogen-bond acceptors (Lipinski definition) is 4. The molecule has 1 amide bonds. The van der Waals surface area contributed by atoms with Gasteiger partial charge in [0.1, 0.15) is 11.5 Å². The summed E-state index contributed by atoms with van der Waals surface area (Å²) in [5.74, 6) is 0.470. The number of nitrogens with zero attached hydrogens (tertiary/aromatic N) is 6. The molecule has 1 aromatic carbocycles. The van der Waals surface area contributed by atoms with Crippen LogP contribution in [0.15, 0.2) is 54.9 Å². The largest absolute Gasteiger partial charge is 0.337 e. The van der Waals surface area contributed by atoms with Crippen LogP contribution in [-0.4, -0.2) is 48.3 Å². The number of aromatic nitrogens is 5. The van der Waals surface area contributed by atoms with Crippen LogP contribution in [0.25, 0.3) is 16.8 Å². The van der Waals surface area contributed by atoms with Gasteiger partial charge < -0.3 is 4.90 Å². The average molecular weight is 404 g/mol. The van der Waals surface area contributed by atoms with E-state index in [0.29, 0.717) is 18.8 Å². The fourth-order valence-corrected chi connectivity index (χ4v) is 3.98. The smallest absolute Gasteiger partial charge is 0.274 e. The van der Waals surface area contributed by atoms with Gasteiger partial charge in [0, 0.05) is 44.0 Å². The Morgan fingerprint density at radius 3 is 2.83 bits per heavy atom. The van der Waals surface area contributed by atoms with Crippen LogP contribution in [0.5, 0.6) is 0 Å². The maximum absolute atomic E-state index is 13.6. The van der Waals surface area contributed by atoms with E-state index >= 15 is 0 Å². The van der Waals surface area contributed by atoms with Crippen molar-refractivity contribution >= 4 is 11.6 Å². The number of pyridine rings is 1. The Labute approximate surface area is 172 Å². The lowest BCUT2D eigenvalue weighted by Crippen LogP contribution is -2.39. The first-order valence-electron chi connectivity index (χ1n) is 9.98. The molecule has 1 atom stereocenters. The summed E-state index contributed by atoms with van der Waals surface area (Å²) in [6.45, 7) is 1.28. The third-order valence-corrected chi connectivity index (χ3v) is 5.51. The lowest BCUT2D eigenvalue weighted by molar-refractivity contribution is 0.0698. The molecule has 5 rings (SSSR count). The van der Waals surface area contributed by atoms with E-state index in [1.807, 2.05) is 29.3 Å². The number of amides is 1. The summed E-state index contributed by atoms with van der Waals surface area (Å²) in [5.41, 5.74) is 2.85. The van der Waals surface area contributed by atoms with Crippen LogP contribution in [0.3, 0.4) is 0 Å². The van der Waals surface area contributed by atoms with E-state index in [-0.39, 0.29) is 17.6 Å².